The molecule has 0 aliphatic carbocycles. The number of pyridine rings is 1. The molecule has 20 heavy (non-hydrogen) atoms. The van der Waals surface area contributed by atoms with Crippen LogP contribution in [0, 0.1) is 5.82 Å². The van der Waals surface area contributed by atoms with Gasteiger partial charge >= 0.3 is 0 Å². The van der Waals surface area contributed by atoms with Gasteiger partial charge in [0.25, 0.3) is 0 Å². The summed E-state index contributed by atoms with van der Waals surface area (Å²) >= 11 is 3.25. The second-order valence-electron chi connectivity index (χ2n) is 4.14. The number of nitrogens with one attached hydrogen (secondary N) is 2. The second kappa shape index (κ2) is 6.47. The summed E-state index contributed by atoms with van der Waals surface area (Å²) in [5.74, 6) is 0.0223. The molecule has 0 aliphatic rings. The van der Waals surface area contributed by atoms with Crippen LogP contribution in [0.3, 0.4) is 0 Å². The van der Waals surface area contributed by atoms with Gasteiger partial charge in [-0.1, -0.05) is 15.9 Å². The Hall–Kier alpha value is -1.95. The van der Waals surface area contributed by atoms with E-state index in [9.17, 15) is 9.18 Å². The first-order chi connectivity index (χ1) is 9.58. The van der Waals surface area contributed by atoms with Crippen molar-refractivity contribution in [1.82, 2.24) is 4.98 Å². The molecular formula is C14H13BrFN3O. The largest absolute Gasteiger partial charge is 0.373 e. The Morgan fingerprint density at radius 1 is 1.35 bits per heavy atom. The zero-order chi connectivity index (χ0) is 14.5. The average Bonchev–Trinajstić information content (AvgIpc) is 2.43. The summed E-state index contributed by atoms with van der Waals surface area (Å²) in [5.41, 5.74) is 0.918. The maximum Gasteiger partial charge on any atom is 0.228 e. The average molecular weight is 338 g/mol. The Morgan fingerprint density at radius 2 is 2.15 bits per heavy atom. The van der Waals surface area contributed by atoms with E-state index in [1.54, 1.807) is 37.5 Å². The fraction of sp³-hybridized carbons (Fsp3) is 0.143. The maximum absolute atomic E-state index is 13.5. The SMILES string of the molecule is CNc1ccc(NC(=O)Cc2cc(Br)ccc2F)cn1. The minimum Gasteiger partial charge on any atom is -0.373 e. The van der Waals surface area contributed by atoms with E-state index in [1.165, 1.54) is 6.07 Å². The van der Waals surface area contributed by atoms with Crippen LogP contribution in [-0.4, -0.2) is 17.9 Å². The number of carbonyl (C=O) groups is 1. The number of nitrogens with zero attached hydrogens (tertiary/aromatic N) is 1. The summed E-state index contributed by atoms with van der Waals surface area (Å²) in [5, 5.41) is 5.56. The molecule has 4 nitrogen and oxygen atoms in total. The monoisotopic (exact) mass is 337 g/mol. The van der Waals surface area contributed by atoms with Gasteiger partial charge in [-0.05, 0) is 35.9 Å². The van der Waals surface area contributed by atoms with Gasteiger partial charge in [-0.25, -0.2) is 9.37 Å². The van der Waals surface area contributed by atoms with Crippen molar-refractivity contribution in [2.45, 2.75) is 6.42 Å². The normalized spacial score (nSPS) is 10.2. The second-order valence-corrected chi connectivity index (χ2v) is 5.06. The molecule has 104 valence electrons. The summed E-state index contributed by atoms with van der Waals surface area (Å²) in [4.78, 5) is 15.9. The highest BCUT2D eigenvalue weighted by molar-refractivity contribution is 9.10. The fourth-order valence-corrected chi connectivity index (χ4v) is 2.08. The van der Waals surface area contributed by atoms with Gasteiger partial charge in [0.05, 0.1) is 18.3 Å². The van der Waals surface area contributed by atoms with Crippen molar-refractivity contribution in [3.63, 3.8) is 0 Å². The number of amides is 1. The number of anilines is 2. The van der Waals surface area contributed by atoms with E-state index in [2.05, 4.69) is 31.5 Å². The summed E-state index contributed by atoms with van der Waals surface area (Å²) in [6, 6.07) is 7.99. The third kappa shape index (κ3) is 3.77. The highest BCUT2D eigenvalue weighted by atomic mass is 79.9. The zero-order valence-electron chi connectivity index (χ0n) is 10.8. The summed E-state index contributed by atoms with van der Waals surface area (Å²) in [6.07, 6.45) is 1.51. The minimum atomic E-state index is -0.396. The lowest BCUT2D eigenvalue weighted by atomic mass is 10.1. The maximum atomic E-state index is 13.5. The number of rotatable bonds is 4. The van der Waals surface area contributed by atoms with Crippen molar-refractivity contribution in [2.75, 3.05) is 17.7 Å². The van der Waals surface area contributed by atoms with Crippen LogP contribution in [0.4, 0.5) is 15.9 Å². The highest BCUT2D eigenvalue weighted by Gasteiger charge is 2.09. The molecule has 6 heteroatoms. The highest BCUT2D eigenvalue weighted by Crippen LogP contribution is 2.17. The van der Waals surface area contributed by atoms with Gasteiger partial charge in [0.2, 0.25) is 5.91 Å². The smallest absolute Gasteiger partial charge is 0.228 e. The number of carbonyl (C=O) groups excluding carboxylic acids is 1. The Morgan fingerprint density at radius 3 is 2.80 bits per heavy atom. The summed E-state index contributed by atoms with van der Waals surface area (Å²) < 4.78 is 14.3. The molecule has 0 unspecified atom stereocenters. The molecule has 0 saturated carbocycles. The molecular weight excluding hydrogens is 325 g/mol. The fourth-order valence-electron chi connectivity index (χ4n) is 1.67. The lowest BCUT2D eigenvalue weighted by molar-refractivity contribution is -0.115. The van der Waals surface area contributed by atoms with E-state index in [4.69, 9.17) is 0 Å². The molecule has 0 atom stereocenters. The third-order valence-electron chi connectivity index (χ3n) is 2.66. The van der Waals surface area contributed by atoms with Gasteiger partial charge in [-0.3, -0.25) is 4.79 Å². The van der Waals surface area contributed by atoms with Crippen molar-refractivity contribution >= 4 is 33.3 Å². The van der Waals surface area contributed by atoms with Crippen molar-refractivity contribution in [3.05, 3.63) is 52.4 Å². The number of hydrogen-bond donors (Lipinski definition) is 2. The Balaban J connectivity index is 2.03. The minimum absolute atomic E-state index is 0.0287. The number of hydrogen-bond acceptors (Lipinski definition) is 3. The van der Waals surface area contributed by atoms with Crippen LogP contribution in [0.15, 0.2) is 41.0 Å². The quantitative estimate of drug-likeness (QED) is 0.900. The van der Waals surface area contributed by atoms with Crippen LogP contribution < -0.4 is 10.6 Å². The first kappa shape index (κ1) is 14.5. The first-order valence-corrected chi connectivity index (χ1v) is 6.75. The number of benzene rings is 1. The predicted molar refractivity (Wildman–Crippen MR) is 80.2 cm³/mol. The van der Waals surface area contributed by atoms with E-state index in [1.807, 2.05) is 0 Å². The van der Waals surface area contributed by atoms with Crippen LogP contribution in [0.25, 0.3) is 0 Å². The molecule has 0 radical (unpaired) electrons. The van der Waals surface area contributed by atoms with Crippen molar-refractivity contribution in [3.8, 4) is 0 Å². The van der Waals surface area contributed by atoms with E-state index >= 15 is 0 Å². The molecule has 1 amide bonds. The molecule has 0 bridgehead atoms. The van der Waals surface area contributed by atoms with Crippen LogP contribution in [0.2, 0.25) is 0 Å². The zero-order valence-corrected chi connectivity index (χ0v) is 12.4. The van der Waals surface area contributed by atoms with Gasteiger partial charge in [-0.15, -0.1) is 0 Å². The third-order valence-corrected chi connectivity index (χ3v) is 3.16. The lowest BCUT2D eigenvalue weighted by Gasteiger charge is -2.07. The van der Waals surface area contributed by atoms with E-state index < -0.39 is 5.82 Å². The summed E-state index contributed by atoms with van der Waals surface area (Å²) in [7, 11) is 1.76. The van der Waals surface area contributed by atoms with E-state index in [0.29, 0.717) is 17.1 Å². The Bertz CT molecular complexity index is 616. The van der Waals surface area contributed by atoms with E-state index in [-0.39, 0.29) is 12.3 Å². The molecule has 0 spiro atoms. The van der Waals surface area contributed by atoms with E-state index in [0.717, 1.165) is 4.47 Å². The van der Waals surface area contributed by atoms with Gasteiger partial charge < -0.3 is 10.6 Å². The van der Waals surface area contributed by atoms with Gasteiger partial charge in [-0.2, -0.15) is 0 Å². The Labute approximate surface area is 124 Å². The number of halogens is 2. The Kier molecular flexibility index (Phi) is 4.68. The topological polar surface area (TPSA) is 54.0 Å². The molecule has 2 aromatic rings. The van der Waals surface area contributed by atoms with Crippen LogP contribution >= 0.6 is 15.9 Å². The molecule has 0 fully saturated rings. The predicted octanol–water partition coefficient (Wildman–Crippen LogP) is 3.21. The standard InChI is InChI=1S/C14H13BrFN3O/c1-17-13-5-3-11(8-18-13)19-14(20)7-9-6-10(15)2-4-12(9)16/h2-6,8H,7H2,1H3,(H,17,18)(H,19,20). The molecule has 2 N–H and O–H groups in total. The molecule has 1 heterocycles. The summed E-state index contributed by atoms with van der Waals surface area (Å²) in [6.45, 7) is 0. The first-order valence-electron chi connectivity index (χ1n) is 5.96. The van der Waals surface area contributed by atoms with Crippen molar-refractivity contribution in [1.29, 1.82) is 0 Å². The van der Waals surface area contributed by atoms with Gasteiger partial charge in [0.15, 0.2) is 0 Å². The molecule has 0 saturated heterocycles. The van der Waals surface area contributed by atoms with Crippen LogP contribution in [-0.2, 0) is 11.2 Å². The van der Waals surface area contributed by atoms with Crippen molar-refractivity contribution < 1.29 is 9.18 Å². The van der Waals surface area contributed by atoms with Crippen molar-refractivity contribution in [2.24, 2.45) is 0 Å². The van der Waals surface area contributed by atoms with Gasteiger partial charge in [0.1, 0.15) is 11.6 Å². The molecule has 0 aliphatic heterocycles. The molecule has 1 aromatic carbocycles. The molecule has 1 aromatic heterocycles. The number of aromatic nitrogens is 1. The van der Waals surface area contributed by atoms with Crippen LogP contribution in [0.1, 0.15) is 5.56 Å². The van der Waals surface area contributed by atoms with Crippen LogP contribution in [0.5, 0.6) is 0 Å². The van der Waals surface area contributed by atoms with Gasteiger partial charge in [0, 0.05) is 11.5 Å². The lowest BCUT2D eigenvalue weighted by Crippen LogP contribution is -2.15. The molecule has 2 rings (SSSR count).